The molecular weight excluding hydrogens is 349 g/mol. The monoisotopic (exact) mass is 361 g/mol. The van der Waals surface area contributed by atoms with E-state index in [9.17, 15) is 8.42 Å². The molecule has 0 aromatic heterocycles. The van der Waals surface area contributed by atoms with E-state index in [0.717, 1.165) is 0 Å². The van der Waals surface area contributed by atoms with Crippen LogP contribution in [0.1, 0.15) is 0 Å². The molecule has 0 aliphatic carbocycles. The number of rotatable bonds is 1. The summed E-state index contributed by atoms with van der Waals surface area (Å²) >= 11 is 2.28. The molecule has 17 heavy (non-hydrogen) atoms. The number of benzene rings is 2. The minimum Gasteiger partial charge on any atom is -0.225 e. The van der Waals surface area contributed by atoms with Crippen LogP contribution in [-0.2, 0) is 10.0 Å². The van der Waals surface area contributed by atoms with E-state index in [1.54, 1.807) is 18.2 Å². The van der Waals surface area contributed by atoms with Crippen LogP contribution in [0.2, 0.25) is 0 Å². The minimum absolute atomic E-state index is 0.148. The highest BCUT2D eigenvalue weighted by Gasteiger charge is 2.03. The lowest BCUT2D eigenvalue weighted by Gasteiger charge is -1.93. The summed E-state index contributed by atoms with van der Waals surface area (Å²) in [6.45, 7) is 0. The van der Waals surface area contributed by atoms with Gasteiger partial charge in [0.1, 0.15) is 0 Å². The maximum atomic E-state index is 10.6. The number of hydrogen-bond acceptors (Lipinski definition) is 2. The average Bonchev–Trinajstić information content (AvgIpc) is 2.31. The van der Waals surface area contributed by atoms with Gasteiger partial charge >= 0.3 is 0 Å². The van der Waals surface area contributed by atoms with Gasteiger partial charge in [-0.2, -0.15) is 0 Å². The fourth-order valence-corrected chi connectivity index (χ4v) is 1.98. The lowest BCUT2D eigenvalue weighted by Crippen LogP contribution is -2.11. The van der Waals surface area contributed by atoms with Gasteiger partial charge in [-0.05, 0) is 46.9 Å². The largest absolute Gasteiger partial charge is 0.238 e. The lowest BCUT2D eigenvalue weighted by atomic mass is 10.4. The van der Waals surface area contributed by atoms with Gasteiger partial charge in [0.25, 0.3) is 0 Å². The number of nitrogens with two attached hydrogens (primary N) is 1. The maximum absolute atomic E-state index is 10.6. The first-order valence-electron chi connectivity index (χ1n) is 4.78. The molecule has 0 bridgehead atoms. The van der Waals surface area contributed by atoms with Gasteiger partial charge < -0.3 is 0 Å². The molecule has 0 saturated carbocycles. The fourth-order valence-electron chi connectivity index (χ4n) is 1.02. The van der Waals surface area contributed by atoms with Crippen molar-refractivity contribution in [2.45, 2.75) is 4.90 Å². The van der Waals surface area contributed by atoms with Gasteiger partial charge in [0.2, 0.25) is 10.0 Å². The normalized spacial score (nSPS) is 10.2. The Labute approximate surface area is 115 Å². The van der Waals surface area contributed by atoms with E-state index in [2.05, 4.69) is 34.7 Å². The molecule has 2 N–H and O–H groups in total. The van der Waals surface area contributed by atoms with Crippen molar-refractivity contribution in [3.8, 4) is 0 Å². The van der Waals surface area contributed by atoms with Crippen LogP contribution in [0.4, 0.5) is 0 Å². The molecule has 0 heterocycles. The molecule has 90 valence electrons. The van der Waals surface area contributed by atoms with E-state index in [0.29, 0.717) is 0 Å². The van der Waals surface area contributed by atoms with Crippen molar-refractivity contribution in [2.24, 2.45) is 5.14 Å². The van der Waals surface area contributed by atoms with Crippen LogP contribution in [0, 0.1) is 3.57 Å². The SMILES string of the molecule is Ic1ccccc1.NS(=O)(=O)c1ccccc1. The molecule has 0 unspecified atom stereocenters. The predicted molar refractivity (Wildman–Crippen MR) is 77.0 cm³/mol. The Morgan fingerprint density at radius 2 is 1.24 bits per heavy atom. The summed E-state index contributed by atoms with van der Waals surface area (Å²) in [5.74, 6) is 0. The van der Waals surface area contributed by atoms with Crippen LogP contribution < -0.4 is 5.14 Å². The van der Waals surface area contributed by atoms with Crippen molar-refractivity contribution < 1.29 is 8.42 Å². The molecule has 2 aromatic rings. The van der Waals surface area contributed by atoms with Gasteiger partial charge in [0.15, 0.2) is 0 Å². The van der Waals surface area contributed by atoms with E-state index in [1.165, 1.54) is 15.7 Å². The summed E-state index contributed by atoms with van der Waals surface area (Å²) < 4.78 is 22.5. The first-order chi connectivity index (χ1) is 8.00. The second kappa shape index (κ2) is 6.73. The number of primary sulfonamides is 1. The second-order valence-corrected chi connectivity index (χ2v) is 5.96. The summed E-state index contributed by atoms with van der Waals surface area (Å²) in [5.41, 5.74) is 0. The quantitative estimate of drug-likeness (QED) is 0.794. The molecule has 0 radical (unpaired) electrons. The Balaban J connectivity index is 0.000000181. The molecule has 0 aliphatic rings. The number of hydrogen-bond donors (Lipinski definition) is 1. The highest BCUT2D eigenvalue weighted by atomic mass is 127. The first-order valence-corrected chi connectivity index (χ1v) is 7.41. The zero-order valence-electron chi connectivity index (χ0n) is 8.95. The smallest absolute Gasteiger partial charge is 0.225 e. The van der Waals surface area contributed by atoms with Gasteiger partial charge in [-0.1, -0.05) is 36.4 Å². The molecule has 0 saturated heterocycles. The molecular formula is C12H12INO2S. The highest BCUT2D eigenvalue weighted by molar-refractivity contribution is 14.1. The fraction of sp³-hybridized carbons (Fsp3) is 0. The molecule has 0 atom stereocenters. The Kier molecular flexibility index (Phi) is 5.60. The van der Waals surface area contributed by atoms with E-state index < -0.39 is 10.0 Å². The molecule has 0 spiro atoms. The van der Waals surface area contributed by atoms with Crippen molar-refractivity contribution in [3.63, 3.8) is 0 Å². The molecule has 5 heteroatoms. The number of sulfonamides is 1. The lowest BCUT2D eigenvalue weighted by molar-refractivity contribution is 0.598. The minimum atomic E-state index is -3.50. The van der Waals surface area contributed by atoms with Gasteiger partial charge in [-0.3, -0.25) is 0 Å². The topological polar surface area (TPSA) is 60.2 Å². The van der Waals surface area contributed by atoms with Crippen LogP contribution in [0.5, 0.6) is 0 Å². The van der Waals surface area contributed by atoms with Gasteiger partial charge in [-0.25, -0.2) is 13.6 Å². The van der Waals surface area contributed by atoms with Crippen molar-refractivity contribution in [3.05, 3.63) is 64.2 Å². The zero-order valence-corrected chi connectivity index (χ0v) is 11.9. The predicted octanol–water partition coefficient (Wildman–Crippen LogP) is 2.63. The summed E-state index contributed by atoms with van der Waals surface area (Å²) in [7, 11) is -3.50. The number of halogens is 1. The maximum Gasteiger partial charge on any atom is 0.238 e. The van der Waals surface area contributed by atoms with Crippen molar-refractivity contribution >= 4 is 32.6 Å². The van der Waals surface area contributed by atoms with Crippen molar-refractivity contribution in [1.29, 1.82) is 0 Å². The van der Waals surface area contributed by atoms with E-state index >= 15 is 0 Å². The summed E-state index contributed by atoms with van der Waals surface area (Å²) in [6.07, 6.45) is 0. The second-order valence-electron chi connectivity index (χ2n) is 3.15. The van der Waals surface area contributed by atoms with Crippen LogP contribution in [0.15, 0.2) is 65.6 Å². The van der Waals surface area contributed by atoms with Gasteiger partial charge in [0.05, 0.1) is 4.90 Å². The van der Waals surface area contributed by atoms with Crippen LogP contribution in [0.3, 0.4) is 0 Å². The molecule has 2 aromatic carbocycles. The Bertz CT molecular complexity index is 541. The third kappa shape index (κ3) is 5.81. The Morgan fingerprint density at radius 1 is 0.824 bits per heavy atom. The molecule has 0 fully saturated rings. The average molecular weight is 361 g/mol. The van der Waals surface area contributed by atoms with Gasteiger partial charge in [0, 0.05) is 3.57 Å². The molecule has 0 aliphatic heterocycles. The summed E-state index contributed by atoms with van der Waals surface area (Å²) in [5, 5.41) is 4.83. The van der Waals surface area contributed by atoms with Crippen molar-refractivity contribution in [1.82, 2.24) is 0 Å². The summed E-state index contributed by atoms with van der Waals surface area (Å²) in [4.78, 5) is 0.148. The molecule has 3 nitrogen and oxygen atoms in total. The third-order valence-electron chi connectivity index (χ3n) is 1.80. The first kappa shape index (κ1) is 14.1. The Hall–Kier alpha value is -0.920. The van der Waals surface area contributed by atoms with Crippen LogP contribution >= 0.6 is 22.6 Å². The van der Waals surface area contributed by atoms with E-state index in [4.69, 9.17) is 5.14 Å². The van der Waals surface area contributed by atoms with Crippen LogP contribution in [0.25, 0.3) is 0 Å². The van der Waals surface area contributed by atoms with E-state index in [-0.39, 0.29) is 4.90 Å². The molecule has 0 amide bonds. The standard InChI is InChI=1S/C6H5I.C6H7NO2S/c7-6-4-2-1-3-5-6;7-10(8,9)6-4-2-1-3-5-6/h1-5H;1-5H,(H2,7,8,9). The van der Waals surface area contributed by atoms with Crippen molar-refractivity contribution in [2.75, 3.05) is 0 Å². The van der Waals surface area contributed by atoms with Crippen LogP contribution in [-0.4, -0.2) is 8.42 Å². The Morgan fingerprint density at radius 3 is 1.47 bits per heavy atom. The zero-order chi connectivity index (χ0) is 12.7. The van der Waals surface area contributed by atoms with Gasteiger partial charge in [-0.15, -0.1) is 0 Å². The third-order valence-corrected chi connectivity index (χ3v) is 3.45. The van der Waals surface area contributed by atoms with E-state index in [1.807, 2.05) is 18.2 Å². The summed E-state index contributed by atoms with van der Waals surface area (Å²) in [6, 6.07) is 18.1. The highest BCUT2D eigenvalue weighted by Crippen LogP contribution is 2.03. The molecule has 2 rings (SSSR count).